The Morgan fingerprint density at radius 1 is 1.13 bits per heavy atom. The van der Waals surface area contributed by atoms with Crippen LogP contribution in [0.1, 0.15) is 42.4 Å². The molecule has 1 aliphatic rings. The first-order valence-corrected chi connectivity index (χ1v) is 9.97. The van der Waals surface area contributed by atoms with E-state index in [2.05, 4.69) is 11.9 Å². The quantitative estimate of drug-likeness (QED) is 0.472. The monoisotopic (exact) mass is 408 g/mol. The number of hydrogen-bond acceptors (Lipinski definition) is 6. The van der Waals surface area contributed by atoms with Gasteiger partial charge in [0, 0.05) is 11.6 Å². The average Bonchev–Trinajstić information content (AvgIpc) is 2.76. The third kappa shape index (κ3) is 3.36. The molecule has 0 bridgehead atoms. The van der Waals surface area contributed by atoms with Crippen LogP contribution in [-0.4, -0.2) is 24.3 Å². The number of fused-ring (bicyclic) bond motifs is 2. The maximum absolute atomic E-state index is 9.97. The van der Waals surface area contributed by atoms with Crippen LogP contribution in [0, 0.1) is 0 Å². The smallest absolute Gasteiger partial charge is 0.306 e. The van der Waals surface area contributed by atoms with E-state index in [1.165, 1.54) is 0 Å². The van der Waals surface area contributed by atoms with Crippen molar-refractivity contribution in [1.29, 1.82) is 0 Å². The second-order valence-electron chi connectivity index (χ2n) is 7.27. The van der Waals surface area contributed by atoms with E-state index in [0.29, 0.717) is 28.9 Å². The number of benzene rings is 2. The molecule has 30 heavy (non-hydrogen) atoms. The number of anilines is 1. The second-order valence-corrected chi connectivity index (χ2v) is 7.27. The lowest BCUT2D eigenvalue weighted by atomic mass is 9.83. The van der Waals surface area contributed by atoms with Gasteiger partial charge in [-0.1, -0.05) is 30.5 Å². The van der Waals surface area contributed by atoms with Crippen molar-refractivity contribution in [2.24, 2.45) is 0 Å². The molecule has 7 heteroatoms. The van der Waals surface area contributed by atoms with E-state index < -0.39 is 0 Å². The van der Waals surface area contributed by atoms with Gasteiger partial charge in [-0.25, -0.2) is 4.57 Å². The fourth-order valence-corrected chi connectivity index (χ4v) is 3.87. The Morgan fingerprint density at radius 3 is 2.67 bits per heavy atom. The van der Waals surface area contributed by atoms with Crippen molar-refractivity contribution >= 4 is 5.82 Å². The number of phenols is 1. The summed E-state index contributed by atoms with van der Waals surface area (Å²) in [6.45, 7) is 2.92. The van der Waals surface area contributed by atoms with Gasteiger partial charge in [0.15, 0.2) is 11.5 Å². The minimum atomic E-state index is -0.231. The fraction of sp³-hybridized carbons (Fsp3) is 0.304. The van der Waals surface area contributed by atoms with E-state index in [9.17, 15) is 5.11 Å². The summed E-state index contributed by atoms with van der Waals surface area (Å²) in [5.74, 6) is 2.79. The van der Waals surface area contributed by atoms with Crippen LogP contribution >= 0.6 is 0 Å². The van der Waals surface area contributed by atoms with Gasteiger partial charge in [0.1, 0.15) is 17.1 Å². The molecule has 1 atom stereocenters. The van der Waals surface area contributed by atoms with Gasteiger partial charge < -0.3 is 25.1 Å². The Balaban J connectivity index is 1.93. The molecule has 1 aromatic heterocycles. The molecule has 0 saturated heterocycles. The summed E-state index contributed by atoms with van der Waals surface area (Å²) in [5.41, 5.74) is 9.29. The van der Waals surface area contributed by atoms with E-state index in [4.69, 9.17) is 19.9 Å². The van der Waals surface area contributed by atoms with Crippen molar-refractivity contribution in [2.45, 2.75) is 32.2 Å². The van der Waals surface area contributed by atoms with Gasteiger partial charge in [-0.3, -0.25) is 0 Å². The summed E-state index contributed by atoms with van der Waals surface area (Å²) < 4.78 is 18.9. The predicted octanol–water partition coefficient (Wildman–Crippen LogP) is 3.76. The highest BCUT2D eigenvalue weighted by Gasteiger charge is 2.36. The number of rotatable bonds is 6. The standard InChI is InChI=1S/C23H25N3O4/c1-4-5-10-26-13-25-23-21(22(26)24)20(16-8-7-15(27)12-18(16)30-23)14-6-9-17(28-2)19(11-14)29-3/h6-9,11-13,20,24,27H,4-5,10H2,1-3H3/p+1/t20-/m1/s1. The van der Waals surface area contributed by atoms with Crippen LogP contribution in [0.15, 0.2) is 42.7 Å². The van der Waals surface area contributed by atoms with Crippen LogP contribution in [-0.2, 0) is 6.54 Å². The number of ether oxygens (including phenoxy) is 3. The average molecular weight is 408 g/mol. The normalized spacial score (nSPS) is 14.4. The van der Waals surface area contributed by atoms with E-state index in [1.807, 2.05) is 28.8 Å². The molecule has 3 aromatic rings. The first kappa shape index (κ1) is 19.8. The Morgan fingerprint density at radius 2 is 1.93 bits per heavy atom. The van der Waals surface area contributed by atoms with Crippen LogP contribution in [0.3, 0.4) is 0 Å². The van der Waals surface area contributed by atoms with E-state index >= 15 is 0 Å². The molecule has 4 rings (SSSR count). The van der Waals surface area contributed by atoms with Gasteiger partial charge in [-0.05, 0) is 30.2 Å². The van der Waals surface area contributed by atoms with Crippen molar-refractivity contribution < 1.29 is 23.9 Å². The summed E-state index contributed by atoms with van der Waals surface area (Å²) in [6, 6.07) is 10.9. The number of aromatic hydroxyl groups is 1. The number of hydrogen-bond donors (Lipinski definition) is 2. The minimum absolute atomic E-state index is 0.130. The van der Waals surface area contributed by atoms with Crippen LogP contribution in [0.25, 0.3) is 0 Å². The largest absolute Gasteiger partial charge is 0.508 e. The topological polar surface area (TPSA) is 90.7 Å². The Bertz CT molecular complexity index is 1080. The molecular formula is C23H26N3O4+. The number of phenolic OH excluding ortho intramolecular Hbond substituents is 1. The number of nitrogens with two attached hydrogens (primary N) is 1. The molecule has 0 spiro atoms. The summed E-state index contributed by atoms with van der Waals surface area (Å²) in [5, 5.41) is 9.97. The van der Waals surface area contributed by atoms with Crippen molar-refractivity contribution in [2.75, 3.05) is 20.0 Å². The molecule has 0 fully saturated rings. The Hall–Kier alpha value is -3.48. The van der Waals surface area contributed by atoms with Gasteiger partial charge in [0.2, 0.25) is 12.1 Å². The molecule has 0 unspecified atom stereocenters. The SMILES string of the molecule is CCCC[n+]1cnc2c(c1N)[C@H](c1ccc(OC)c(OC)c1)c1ccc(O)cc1O2. The number of unbranched alkanes of at least 4 members (excludes halogenated alkanes) is 1. The molecule has 2 heterocycles. The minimum Gasteiger partial charge on any atom is -0.508 e. The molecule has 7 nitrogen and oxygen atoms in total. The van der Waals surface area contributed by atoms with Gasteiger partial charge in [0.05, 0.1) is 26.7 Å². The lowest BCUT2D eigenvalue weighted by Gasteiger charge is -2.27. The van der Waals surface area contributed by atoms with Crippen molar-refractivity contribution in [3.63, 3.8) is 0 Å². The van der Waals surface area contributed by atoms with E-state index in [0.717, 1.165) is 36.1 Å². The summed E-state index contributed by atoms with van der Waals surface area (Å²) >= 11 is 0. The fourth-order valence-electron chi connectivity index (χ4n) is 3.87. The summed E-state index contributed by atoms with van der Waals surface area (Å²) in [7, 11) is 3.22. The molecule has 3 N–H and O–H groups in total. The lowest BCUT2D eigenvalue weighted by molar-refractivity contribution is -0.686. The first-order chi connectivity index (χ1) is 14.6. The van der Waals surface area contributed by atoms with Gasteiger partial charge >= 0.3 is 5.88 Å². The highest BCUT2D eigenvalue weighted by molar-refractivity contribution is 5.63. The molecule has 2 aromatic carbocycles. The van der Waals surface area contributed by atoms with Crippen LogP contribution in [0.2, 0.25) is 0 Å². The number of methoxy groups -OCH3 is 2. The third-order valence-electron chi connectivity index (χ3n) is 5.43. The third-order valence-corrected chi connectivity index (χ3v) is 5.43. The van der Waals surface area contributed by atoms with Crippen molar-refractivity contribution in [1.82, 2.24) is 4.98 Å². The lowest BCUT2D eigenvalue weighted by Crippen LogP contribution is -2.39. The number of nitrogens with zero attached hydrogens (tertiary/aromatic N) is 2. The summed E-state index contributed by atoms with van der Waals surface area (Å²) in [4.78, 5) is 4.54. The van der Waals surface area contributed by atoms with E-state index in [1.54, 1.807) is 32.7 Å². The van der Waals surface area contributed by atoms with Crippen LogP contribution < -0.4 is 24.5 Å². The second kappa shape index (κ2) is 8.10. The van der Waals surface area contributed by atoms with Gasteiger partial charge in [-0.2, -0.15) is 0 Å². The summed E-state index contributed by atoms with van der Waals surface area (Å²) in [6.07, 6.45) is 3.77. The van der Waals surface area contributed by atoms with Crippen molar-refractivity contribution in [3.05, 3.63) is 59.4 Å². The van der Waals surface area contributed by atoms with Crippen molar-refractivity contribution in [3.8, 4) is 28.9 Å². The highest BCUT2D eigenvalue weighted by Crippen LogP contribution is 2.49. The zero-order chi connectivity index (χ0) is 21.3. The Kier molecular flexibility index (Phi) is 5.35. The maximum Gasteiger partial charge on any atom is 0.306 e. The molecule has 1 aliphatic heterocycles. The molecule has 0 saturated carbocycles. The highest BCUT2D eigenvalue weighted by atomic mass is 16.5. The van der Waals surface area contributed by atoms with Crippen LogP contribution in [0.5, 0.6) is 28.9 Å². The van der Waals surface area contributed by atoms with Gasteiger partial charge in [0.25, 0.3) is 0 Å². The molecule has 0 radical (unpaired) electrons. The molecule has 0 amide bonds. The number of aryl methyl sites for hydroxylation is 1. The van der Waals surface area contributed by atoms with Gasteiger partial charge in [-0.15, -0.1) is 0 Å². The zero-order valence-corrected chi connectivity index (χ0v) is 17.4. The molecular weight excluding hydrogens is 382 g/mol. The maximum atomic E-state index is 9.97. The number of nitrogen functional groups attached to an aromatic ring is 1. The first-order valence-electron chi connectivity index (χ1n) is 9.97. The van der Waals surface area contributed by atoms with E-state index in [-0.39, 0.29) is 11.7 Å². The Labute approximate surface area is 175 Å². The van der Waals surface area contributed by atoms with Crippen LogP contribution in [0.4, 0.5) is 5.82 Å². The number of aromatic nitrogens is 2. The zero-order valence-electron chi connectivity index (χ0n) is 17.4. The molecule has 156 valence electrons. The molecule has 0 aliphatic carbocycles. The predicted molar refractivity (Wildman–Crippen MR) is 112 cm³/mol.